The van der Waals surface area contributed by atoms with Crippen LogP contribution in [-0.4, -0.2) is 0 Å². The van der Waals surface area contributed by atoms with E-state index in [1.54, 1.807) is 0 Å². The second-order valence-corrected chi connectivity index (χ2v) is 5.12. The molecule has 2 saturated carbocycles. The van der Waals surface area contributed by atoms with Gasteiger partial charge in [-0.05, 0) is 42.4 Å². The fourth-order valence-electron chi connectivity index (χ4n) is 2.82. The molecule has 0 aliphatic heterocycles. The molecule has 2 fully saturated rings. The van der Waals surface area contributed by atoms with Crippen molar-refractivity contribution in [3.8, 4) is 0 Å². The van der Waals surface area contributed by atoms with Crippen LogP contribution in [-0.2, 0) is 0 Å². The van der Waals surface area contributed by atoms with Crippen LogP contribution in [0.2, 0.25) is 0 Å². The minimum Gasteiger partial charge on any atom is -0.0628 e. The molecule has 0 heterocycles. The number of rotatable bonds is 2. The average Bonchev–Trinajstić information content (AvgIpc) is 2.52. The maximum atomic E-state index is 2.49. The molecule has 2 aliphatic rings. The summed E-state index contributed by atoms with van der Waals surface area (Å²) in [6.07, 6.45) is 6.08. The third-order valence-corrected chi connectivity index (χ3v) is 3.60. The van der Waals surface area contributed by atoms with Crippen molar-refractivity contribution < 1.29 is 0 Å². The third-order valence-electron chi connectivity index (χ3n) is 3.60. The molecule has 0 amide bonds. The molecule has 1 spiro atoms. The van der Waals surface area contributed by atoms with E-state index in [9.17, 15) is 0 Å². The van der Waals surface area contributed by atoms with E-state index in [1.165, 1.54) is 25.7 Å². The van der Waals surface area contributed by atoms with E-state index >= 15 is 0 Å². The highest BCUT2D eigenvalue weighted by molar-refractivity contribution is 5.20. The van der Waals surface area contributed by atoms with Gasteiger partial charge in [0.1, 0.15) is 0 Å². The Morgan fingerprint density at radius 2 is 1.90 bits per heavy atom. The topological polar surface area (TPSA) is 0 Å². The van der Waals surface area contributed by atoms with Crippen LogP contribution < -0.4 is 0 Å². The summed E-state index contributed by atoms with van der Waals surface area (Å²) < 4.78 is 0. The van der Waals surface area contributed by atoms with Gasteiger partial charge in [0.05, 0.1) is 0 Å². The Labute approximate surface area is 64.0 Å². The van der Waals surface area contributed by atoms with Gasteiger partial charge in [-0.15, -0.1) is 0 Å². The highest BCUT2D eigenvalue weighted by atomic mass is 14.7. The van der Waals surface area contributed by atoms with Gasteiger partial charge < -0.3 is 0 Å². The maximum Gasteiger partial charge on any atom is -0.0237 e. The molecule has 0 saturated heterocycles. The van der Waals surface area contributed by atoms with E-state index in [4.69, 9.17) is 0 Å². The summed E-state index contributed by atoms with van der Waals surface area (Å²) in [7, 11) is 0. The monoisotopic (exact) mass is 138 g/mol. The van der Waals surface area contributed by atoms with Gasteiger partial charge in [-0.3, -0.25) is 0 Å². The predicted molar refractivity (Wildman–Crippen MR) is 43.8 cm³/mol. The number of hydrogen-bond donors (Lipinski definition) is 0. The van der Waals surface area contributed by atoms with Crippen LogP contribution in [0, 0.1) is 16.7 Å². The van der Waals surface area contributed by atoms with E-state index in [-0.39, 0.29) is 0 Å². The molecule has 0 bridgehead atoms. The van der Waals surface area contributed by atoms with Crippen LogP contribution in [0.5, 0.6) is 0 Å². The Morgan fingerprint density at radius 1 is 1.30 bits per heavy atom. The van der Waals surface area contributed by atoms with Gasteiger partial charge in [0, 0.05) is 0 Å². The van der Waals surface area contributed by atoms with Gasteiger partial charge in [-0.25, -0.2) is 0 Å². The van der Waals surface area contributed by atoms with Gasteiger partial charge in [0.15, 0.2) is 0 Å². The molecule has 0 aromatic carbocycles. The van der Waals surface area contributed by atoms with Crippen molar-refractivity contribution in [3.63, 3.8) is 0 Å². The highest BCUT2D eigenvalue weighted by Gasteiger charge is 2.70. The maximum absolute atomic E-state index is 2.49. The van der Waals surface area contributed by atoms with Crippen molar-refractivity contribution in [3.05, 3.63) is 0 Å². The van der Waals surface area contributed by atoms with Crippen LogP contribution in [0.15, 0.2) is 0 Å². The molecule has 0 radical (unpaired) electrons. The minimum atomic E-state index is 0.779. The van der Waals surface area contributed by atoms with E-state index in [0.717, 1.165) is 16.7 Å². The second-order valence-electron chi connectivity index (χ2n) is 5.12. The molecule has 1 unspecified atom stereocenters. The van der Waals surface area contributed by atoms with Crippen molar-refractivity contribution in [2.24, 2.45) is 16.7 Å². The Hall–Kier alpha value is 0. The molecule has 2 rings (SSSR count). The fourth-order valence-corrected chi connectivity index (χ4v) is 2.82. The van der Waals surface area contributed by atoms with Crippen molar-refractivity contribution in [2.45, 2.75) is 46.5 Å². The summed E-state index contributed by atoms with van der Waals surface area (Å²) in [5.74, 6) is 0.907. The molecule has 0 heteroatoms. The zero-order chi connectivity index (χ0) is 7.41. The van der Waals surface area contributed by atoms with Gasteiger partial charge in [-0.2, -0.15) is 0 Å². The smallest absolute Gasteiger partial charge is 0.0237 e. The molecule has 10 heavy (non-hydrogen) atoms. The first kappa shape index (κ1) is 6.69. The molecule has 58 valence electrons. The lowest BCUT2D eigenvalue weighted by Crippen LogP contribution is -2.02. The van der Waals surface area contributed by atoms with Gasteiger partial charge in [0.25, 0.3) is 0 Å². The van der Waals surface area contributed by atoms with Crippen LogP contribution in [0.3, 0.4) is 0 Å². The molecular weight excluding hydrogens is 120 g/mol. The van der Waals surface area contributed by atoms with Crippen molar-refractivity contribution >= 4 is 0 Å². The third kappa shape index (κ3) is 0.741. The Balaban J connectivity index is 1.94. The lowest BCUT2D eigenvalue weighted by Gasteiger charge is -2.12. The van der Waals surface area contributed by atoms with Crippen LogP contribution in [0.4, 0.5) is 0 Å². The van der Waals surface area contributed by atoms with Gasteiger partial charge >= 0.3 is 0 Å². The second kappa shape index (κ2) is 1.60. The summed E-state index contributed by atoms with van der Waals surface area (Å²) in [4.78, 5) is 0. The molecule has 0 N–H and O–H groups in total. The fraction of sp³-hybridized carbons (Fsp3) is 1.00. The average molecular weight is 138 g/mol. The summed E-state index contributed by atoms with van der Waals surface area (Å²) in [6.45, 7) is 7.18. The summed E-state index contributed by atoms with van der Waals surface area (Å²) in [5.41, 5.74) is 1.67. The first-order chi connectivity index (χ1) is 4.58. The van der Waals surface area contributed by atoms with Crippen molar-refractivity contribution in [2.75, 3.05) is 0 Å². The lowest BCUT2D eigenvalue weighted by atomic mass is 9.93. The Bertz CT molecular complexity index is 153. The van der Waals surface area contributed by atoms with Crippen molar-refractivity contribution in [1.82, 2.24) is 0 Å². The standard InChI is InChI=1S/C10H18/c1-8(2)6-9(3)7-10(9)4-5-10/h8H,4-7H2,1-3H3. The van der Waals surface area contributed by atoms with Crippen LogP contribution in [0.25, 0.3) is 0 Å². The molecule has 0 aromatic heterocycles. The van der Waals surface area contributed by atoms with Gasteiger partial charge in [0.2, 0.25) is 0 Å². The molecular formula is C10H18. The zero-order valence-corrected chi connectivity index (χ0v) is 7.41. The van der Waals surface area contributed by atoms with Crippen LogP contribution >= 0.6 is 0 Å². The largest absolute Gasteiger partial charge is 0.0628 e. The highest BCUT2D eigenvalue weighted by Crippen LogP contribution is 2.80. The van der Waals surface area contributed by atoms with Gasteiger partial charge in [-0.1, -0.05) is 20.8 Å². The first-order valence-electron chi connectivity index (χ1n) is 4.58. The normalized spacial score (nSPS) is 40.8. The summed E-state index contributed by atoms with van der Waals surface area (Å²) in [5, 5.41) is 0. The SMILES string of the molecule is CC(C)CC1(C)CC12CC2. The zero-order valence-electron chi connectivity index (χ0n) is 7.41. The van der Waals surface area contributed by atoms with E-state index in [2.05, 4.69) is 20.8 Å². The number of hydrogen-bond acceptors (Lipinski definition) is 0. The molecule has 0 nitrogen and oxygen atoms in total. The summed E-state index contributed by atoms with van der Waals surface area (Å²) >= 11 is 0. The van der Waals surface area contributed by atoms with Crippen molar-refractivity contribution in [1.29, 1.82) is 0 Å². The summed E-state index contributed by atoms with van der Waals surface area (Å²) in [6, 6.07) is 0. The van der Waals surface area contributed by atoms with Crippen LogP contribution in [0.1, 0.15) is 46.5 Å². The van der Waals surface area contributed by atoms with E-state index < -0.39 is 0 Å². The first-order valence-corrected chi connectivity index (χ1v) is 4.58. The quantitative estimate of drug-likeness (QED) is 0.549. The van der Waals surface area contributed by atoms with E-state index in [0.29, 0.717) is 0 Å². The lowest BCUT2D eigenvalue weighted by molar-refractivity contribution is 0.380. The molecule has 1 atom stereocenters. The Kier molecular flexibility index (Phi) is 1.07. The predicted octanol–water partition coefficient (Wildman–Crippen LogP) is 3.22. The minimum absolute atomic E-state index is 0.779. The molecule has 2 aliphatic carbocycles. The molecule has 0 aromatic rings. The van der Waals surface area contributed by atoms with E-state index in [1.807, 2.05) is 0 Å². The Morgan fingerprint density at radius 3 is 2.20 bits per heavy atom.